The summed E-state index contributed by atoms with van der Waals surface area (Å²) in [5, 5.41) is 0. The molecule has 0 spiro atoms. The number of nitrogens with zero attached hydrogens (tertiary/aromatic N) is 2. The van der Waals surface area contributed by atoms with Crippen LogP contribution in [0.3, 0.4) is 0 Å². The van der Waals surface area contributed by atoms with E-state index in [1.54, 1.807) is 12.4 Å². The third-order valence-corrected chi connectivity index (χ3v) is 6.55. The van der Waals surface area contributed by atoms with Gasteiger partial charge >= 0.3 is 0 Å². The van der Waals surface area contributed by atoms with Crippen LogP contribution >= 0.6 is 11.6 Å². The summed E-state index contributed by atoms with van der Waals surface area (Å²) < 4.78 is 6.43. The molecule has 3 heterocycles. The van der Waals surface area contributed by atoms with Gasteiger partial charge in [-0.1, -0.05) is 18.2 Å². The number of furan rings is 1. The molecule has 2 aromatic heterocycles. The van der Waals surface area contributed by atoms with Crippen molar-refractivity contribution in [3.8, 4) is 22.5 Å². The monoisotopic (exact) mass is 434 g/mol. The van der Waals surface area contributed by atoms with Crippen molar-refractivity contribution < 1.29 is 14.0 Å². The summed E-state index contributed by atoms with van der Waals surface area (Å²) in [6.45, 7) is 1.36. The first-order valence-electron chi connectivity index (χ1n) is 10.7. The van der Waals surface area contributed by atoms with E-state index in [-0.39, 0.29) is 23.5 Å². The number of alkyl halides is 1. The minimum atomic E-state index is -0.0317. The number of piperidine rings is 1. The van der Waals surface area contributed by atoms with Gasteiger partial charge in [-0.05, 0) is 48.6 Å². The van der Waals surface area contributed by atoms with Crippen molar-refractivity contribution in [1.29, 1.82) is 0 Å². The lowest BCUT2D eigenvalue weighted by Crippen LogP contribution is -2.39. The number of pyridine rings is 1. The molecule has 2 aliphatic rings. The number of carbonyl (C=O) groups excluding carboxylic acids is 2. The number of Topliss-reactive ketones (excluding diaryl/α,β-unsaturated/α-hetero) is 1. The topological polar surface area (TPSA) is 63.4 Å². The summed E-state index contributed by atoms with van der Waals surface area (Å²) in [4.78, 5) is 30.1. The molecule has 5 rings (SSSR count). The first kappa shape index (κ1) is 20.0. The maximum atomic E-state index is 12.1. The summed E-state index contributed by atoms with van der Waals surface area (Å²) in [6, 6.07) is 12.0. The molecule has 0 N–H and O–H groups in total. The van der Waals surface area contributed by atoms with E-state index < -0.39 is 0 Å². The molecule has 0 bridgehead atoms. The molecular weight excluding hydrogens is 412 g/mol. The van der Waals surface area contributed by atoms with Gasteiger partial charge in [-0.2, -0.15) is 0 Å². The van der Waals surface area contributed by atoms with Gasteiger partial charge in [-0.25, -0.2) is 0 Å². The van der Waals surface area contributed by atoms with Crippen molar-refractivity contribution in [1.82, 2.24) is 9.88 Å². The molecular formula is C25H23ClN2O3. The third-order valence-electron chi connectivity index (χ3n) is 6.32. The maximum absolute atomic E-state index is 12.1. The second kappa shape index (κ2) is 8.31. The van der Waals surface area contributed by atoms with Crippen LogP contribution in [-0.4, -0.2) is 40.5 Å². The summed E-state index contributed by atoms with van der Waals surface area (Å²) in [5.74, 6) is 2.00. The van der Waals surface area contributed by atoms with Crippen LogP contribution in [0.25, 0.3) is 22.5 Å². The summed E-state index contributed by atoms with van der Waals surface area (Å²) >= 11 is 5.78. The number of aryl methyl sites for hydroxylation is 1. The number of likely N-dealkylation sites (tertiary alicyclic amines) is 1. The zero-order valence-electron chi connectivity index (χ0n) is 17.1. The fraction of sp³-hybridized carbons (Fsp3) is 0.320. The Balaban J connectivity index is 1.56. The van der Waals surface area contributed by atoms with E-state index in [1.165, 1.54) is 0 Å². The first-order valence-corrected chi connectivity index (χ1v) is 11.2. The average Bonchev–Trinajstić information content (AvgIpc) is 3.43. The van der Waals surface area contributed by atoms with Crippen molar-refractivity contribution >= 4 is 23.3 Å². The quantitative estimate of drug-likeness (QED) is 0.537. The average molecular weight is 435 g/mol. The molecule has 1 amide bonds. The predicted molar refractivity (Wildman–Crippen MR) is 119 cm³/mol. The molecule has 1 aliphatic heterocycles. The number of halogens is 1. The van der Waals surface area contributed by atoms with Crippen LogP contribution in [0.1, 0.15) is 46.9 Å². The van der Waals surface area contributed by atoms with E-state index in [0.717, 1.165) is 65.1 Å². The van der Waals surface area contributed by atoms with Gasteiger partial charge in [0, 0.05) is 54.5 Å². The molecule has 1 aliphatic carbocycles. The Morgan fingerprint density at radius 2 is 1.94 bits per heavy atom. The van der Waals surface area contributed by atoms with Crippen LogP contribution in [0, 0.1) is 0 Å². The fourth-order valence-electron chi connectivity index (χ4n) is 4.69. The van der Waals surface area contributed by atoms with Crippen LogP contribution in [0.15, 0.2) is 53.2 Å². The van der Waals surface area contributed by atoms with E-state index in [1.807, 2.05) is 29.2 Å². The standard InChI is InChI=1S/C25H23ClN2O3/c26-14-24(30)28-11-1-2-19(15-28)23-13-21(25(31-23)16-7-9-27-10-8-16)18-3-5-20-17(12-18)4-6-22(20)29/h3,5,7-10,12-13,19H,1-2,4,6,11,14-15H2. The van der Waals surface area contributed by atoms with Crippen molar-refractivity contribution in [2.45, 2.75) is 31.6 Å². The number of fused-ring (bicyclic) bond motifs is 1. The molecule has 1 aromatic carbocycles. The fourth-order valence-corrected chi connectivity index (χ4v) is 4.86. The molecule has 31 heavy (non-hydrogen) atoms. The van der Waals surface area contributed by atoms with E-state index in [0.29, 0.717) is 13.0 Å². The molecule has 1 fully saturated rings. The molecule has 1 atom stereocenters. The van der Waals surface area contributed by atoms with E-state index in [9.17, 15) is 9.59 Å². The lowest BCUT2D eigenvalue weighted by molar-refractivity contribution is -0.129. The normalized spacial score (nSPS) is 18.3. The maximum Gasteiger partial charge on any atom is 0.237 e. The highest BCUT2D eigenvalue weighted by Crippen LogP contribution is 2.40. The molecule has 5 nitrogen and oxygen atoms in total. The van der Waals surface area contributed by atoms with Gasteiger partial charge in [0.1, 0.15) is 17.4 Å². The Hall–Kier alpha value is -2.92. The molecule has 0 saturated carbocycles. The van der Waals surface area contributed by atoms with Crippen LogP contribution in [0.2, 0.25) is 0 Å². The van der Waals surface area contributed by atoms with Crippen LogP contribution in [-0.2, 0) is 11.2 Å². The highest BCUT2D eigenvalue weighted by molar-refractivity contribution is 6.27. The van der Waals surface area contributed by atoms with Crippen LogP contribution in [0.4, 0.5) is 0 Å². The molecule has 0 radical (unpaired) electrons. The first-order chi connectivity index (χ1) is 15.1. The number of aromatic nitrogens is 1. The molecule has 1 unspecified atom stereocenters. The van der Waals surface area contributed by atoms with Gasteiger partial charge in [0.25, 0.3) is 0 Å². The van der Waals surface area contributed by atoms with Gasteiger partial charge in [-0.3, -0.25) is 14.6 Å². The van der Waals surface area contributed by atoms with Gasteiger partial charge in [0.05, 0.1) is 0 Å². The number of rotatable bonds is 4. The Kier molecular flexibility index (Phi) is 5.36. The van der Waals surface area contributed by atoms with E-state index in [2.05, 4.69) is 17.1 Å². The van der Waals surface area contributed by atoms with Crippen molar-refractivity contribution in [2.75, 3.05) is 19.0 Å². The predicted octanol–water partition coefficient (Wildman–Crippen LogP) is 5.08. The third kappa shape index (κ3) is 3.79. The summed E-state index contributed by atoms with van der Waals surface area (Å²) in [5.41, 5.74) is 4.93. The Morgan fingerprint density at radius 3 is 2.74 bits per heavy atom. The number of ketones is 1. The lowest BCUT2D eigenvalue weighted by Gasteiger charge is -2.31. The Morgan fingerprint density at radius 1 is 1.10 bits per heavy atom. The van der Waals surface area contributed by atoms with E-state index in [4.69, 9.17) is 16.0 Å². The number of hydrogen-bond acceptors (Lipinski definition) is 4. The Labute approximate surface area is 186 Å². The molecule has 6 heteroatoms. The van der Waals surface area contributed by atoms with Gasteiger partial charge in [-0.15, -0.1) is 11.6 Å². The SMILES string of the molecule is O=C1CCc2cc(-c3cc(C4CCCN(C(=O)CCl)C4)oc3-c3ccncc3)ccc21. The van der Waals surface area contributed by atoms with Crippen LogP contribution in [0.5, 0.6) is 0 Å². The molecule has 1 saturated heterocycles. The number of benzene rings is 1. The summed E-state index contributed by atoms with van der Waals surface area (Å²) in [6.07, 6.45) is 6.77. The lowest BCUT2D eigenvalue weighted by atomic mass is 9.93. The second-order valence-electron chi connectivity index (χ2n) is 8.24. The Bertz CT molecular complexity index is 1140. The van der Waals surface area contributed by atoms with Crippen LogP contribution < -0.4 is 0 Å². The summed E-state index contributed by atoms with van der Waals surface area (Å²) in [7, 11) is 0. The van der Waals surface area contributed by atoms with Gasteiger partial charge in [0.15, 0.2) is 5.78 Å². The smallest absolute Gasteiger partial charge is 0.237 e. The number of hydrogen-bond donors (Lipinski definition) is 0. The minimum absolute atomic E-state index is 0.00619. The van der Waals surface area contributed by atoms with Crippen molar-refractivity contribution in [3.63, 3.8) is 0 Å². The zero-order chi connectivity index (χ0) is 21.4. The number of carbonyl (C=O) groups is 2. The zero-order valence-corrected chi connectivity index (χ0v) is 17.9. The largest absolute Gasteiger partial charge is 0.460 e. The minimum Gasteiger partial charge on any atom is -0.460 e. The number of amides is 1. The second-order valence-corrected chi connectivity index (χ2v) is 8.50. The van der Waals surface area contributed by atoms with Gasteiger partial charge in [0.2, 0.25) is 5.91 Å². The molecule has 3 aromatic rings. The highest BCUT2D eigenvalue weighted by atomic mass is 35.5. The van der Waals surface area contributed by atoms with E-state index >= 15 is 0 Å². The highest BCUT2D eigenvalue weighted by Gasteiger charge is 2.28. The van der Waals surface area contributed by atoms with Gasteiger partial charge < -0.3 is 9.32 Å². The molecule has 158 valence electrons. The van der Waals surface area contributed by atoms with Crippen molar-refractivity contribution in [2.24, 2.45) is 0 Å². The van der Waals surface area contributed by atoms with Crippen molar-refractivity contribution in [3.05, 3.63) is 65.7 Å².